The normalized spacial score (nSPS) is 11.6. The SMILES string of the molecule is CCCN(C)CCCCCCOc1ccc(N(C)S(=O)(=O)c2ccc(Br)cc2)cc1. The maximum atomic E-state index is 12.8. The molecule has 0 fully saturated rings. The van der Waals surface area contributed by atoms with Crippen LogP contribution in [0.25, 0.3) is 0 Å². The molecule has 2 rings (SSSR count). The van der Waals surface area contributed by atoms with Crippen LogP contribution in [0.4, 0.5) is 5.69 Å². The third-order valence-corrected chi connectivity index (χ3v) is 7.31. The molecule has 0 atom stereocenters. The van der Waals surface area contributed by atoms with E-state index in [0.717, 1.165) is 29.6 Å². The van der Waals surface area contributed by atoms with E-state index in [-0.39, 0.29) is 4.90 Å². The molecule has 2 aromatic rings. The summed E-state index contributed by atoms with van der Waals surface area (Å²) in [5.74, 6) is 0.760. The van der Waals surface area contributed by atoms with Crippen molar-refractivity contribution in [1.29, 1.82) is 0 Å². The molecule has 0 radical (unpaired) electrons. The van der Waals surface area contributed by atoms with E-state index < -0.39 is 10.0 Å². The van der Waals surface area contributed by atoms with Crippen molar-refractivity contribution in [2.45, 2.75) is 43.9 Å². The van der Waals surface area contributed by atoms with Crippen molar-refractivity contribution < 1.29 is 13.2 Å². The first-order valence-electron chi connectivity index (χ1n) is 10.5. The molecule has 0 saturated carbocycles. The lowest BCUT2D eigenvalue weighted by molar-refractivity contribution is 0.296. The van der Waals surface area contributed by atoms with Crippen LogP contribution in [0, 0.1) is 0 Å². The number of anilines is 1. The zero-order chi connectivity index (χ0) is 22.0. The predicted octanol–water partition coefficient (Wildman–Crippen LogP) is 5.56. The monoisotopic (exact) mass is 496 g/mol. The number of rotatable bonds is 13. The Bertz CT molecular complexity index is 855. The van der Waals surface area contributed by atoms with Crippen molar-refractivity contribution in [1.82, 2.24) is 4.90 Å². The van der Waals surface area contributed by atoms with Crippen molar-refractivity contribution >= 4 is 31.6 Å². The van der Waals surface area contributed by atoms with Crippen molar-refractivity contribution in [3.05, 3.63) is 53.0 Å². The van der Waals surface area contributed by atoms with Gasteiger partial charge in [-0.2, -0.15) is 0 Å². The standard InChI is InChI=1S/C23H33BrN2O3S/c1-4-17-25(2)18-7-5-6-8-19-29-22-13-11-21(12-14-22)26(3)30(27,28)23-15-9-20(24)10-16-23/h9-16H,4-8,17-19H2,1-3H3. The van der Waals surface area contributed by atoms with E-state index in [0.29, 0.717) is 12.3 Å². The summed E-state index contributed by atoms with van der Waals surface area (Å²) in [6.07, 6.45) is 5.83. The molecule has 0 bridgehead atoms. The van der Waals surface area contributed by atoms with E-state index in [1.54, 1.807) is 43.4 Å². The first-order chi connectivity index (χ1) is 14.3. The number of hydrogen-bond acceptors (Lipinski definition) is 4. The number of ether oxygens (including phenoxy) is 1. The van der Waals surface area contributed by atoms with Crippen LogP contribution in [-0.2, 0) is 10.0 Å². The third kappa shape index (κ3) is 7.60. The Kier molecular flexibility index (Phi) is 10.1. The van der Waals surface area contributed by atoms with E-state index in [1.807, 2.05) is 12.1 Å². The molecule has 2 aromatic carbocycles. The third-order valence-electron chi connectivity index (χ3n) is 4.98. The van der Waals surface area contributed by atoms with E-state index >= 15 is 0 Å². The highest BCUT2D eigenvalue weighted by molar-refractivity contribution is 9.10. The minimum absolute atomic E-state index is 0.259. The summed E-state index contributed by atoms with van der Waals surface area (Å²) in [5.41, 5.74) is 0.599. The summed E-state index contributed by atoms with van der Waals surface area (Å²) >= 11 is 3.33. The highest BCUT2D eigenvalue weighted by atomic mass is 79.9. The lowest BCUT2D eigenvalue weighted by Crippen LogP contribution is -2.26. The maximum absolute atomic E-state index is 12.8. The van der Waals surface area contributed by atoms with E-state index in [1.165, 1.54) is 30.1 Å². The van der Waals surface area contributed by atoms with E-state index in [9.17, 15) is 8.42 Å². The molecule has 0 amide bonds. The topological polar surface area (TPSA) is 49.9 Å². The molecule has 5 nitrogen and oxygen atoms in total. The summed E-state index contributed by atoms with van der Waals surface area (Å²) in [5, 5.41) is 0. The molecule has 0 N–H and O–H groups in total. The number of unbranched alkanes of at least 4 members (excludes halogenated alkanes) is 3. The molecule has 0 aliphatic rings. The largest absolute Gasteiger partial charge is 0.494 e. The van der Waals surface area contributed by atoms with Gasteiger partial charge in [-0.25, -0.2) is 8.42 Å². The fourth-order valence-electron chi connectivity index (χ4n) is 3.18. The second-order valence-corrected chi connectivity index (χ2v) is 10.4. The first kappa shape index (κ1) is 24.7. The molecule has 30 heavy (non-hydrogen) atoms. The highest BCUT2D eigenvalue weighted by Gasteiger charge is 2.21. The van der Waals surface area contributed by atoms with Gasteiger partial charge in [0.2, 0.25) is 0 Å². The van der Waals surface area contributed by atoms with Crippen LogP contribution in [0.1, 0.15) is 39.0 Å². The molecule has 0 spiro atoms. The highest BCUT2D eigenvalue weighted by Crippen LogP contribution is 2.25. The average molecular weight is 497 g/mol. The van der Waals surface area contributed by atoms with Gasteiger partial charge in [-0.15, -0.1) is 0 Å². The second-order valence-electron chi connectivity index (χ2n) is 7.49. The van der Waals surface area contributed by atoms with Gasteiger partial charge >= 0.3 is 0 Å². The summed E-state index contributed by atoms with van der Waals surface area (Å²) in [6, 6.07) is 13.8. The fraction of sp³-hybridized carbons (Fsp3) is 0.478. The van der Waals surface area contributed by atoms with Gasteiger partial charge in [-0.1, -0.05) is 35.7 Å². The van der Waals surface area contributed by atoms with Gasteiger partial charge in [0.15, 0.2) is 0 Å². The Balaban J connectivity index is 1.77. The number of benzene rings is 2. The van der Waals surface area contributed by atoms with Crippen LogP contribution in [0.15, 0.2) is 57.9 Å². The minimum Gasteiger partial charge on any atom is -0.494 e. The molecule has 0 heterocycles. The van der Waals surface area contributed by atoms with Gasteiger partial charge in [0.1, 0.15) is 5.75 Å². The Morgan fingerprint density at radius 3 is 2.13 bits per heavy atom. The number of sulfonamides is 1. The molecule has 166 valence electrons. The smallest absolute Gasteiger partial charge is 0.264 e. The van der Waals surface area contributed by atoms with Crippen molar-refractivity contribution in [3.8, 4) is 5.75 Å². The van der Waals surface area contributed by atoms with Crippen LogP contribution in [0.5, 0.6) is 5.75 Å². The van der Waals surface area contributed by atoms with Gasteiger partial charge in [-0.05, 0) is 87.9 Å². The lowest BCUT2D eigenvalue weighted by atomic mass is 10.2. The second kappa shape index (κ2) is 12.3. The van der Waals surface area contributed by atoms with Crippen molar-refractivity contribution in [2.24, 2.45) is 0 Å². The van der Waals surface area contributed by atoms with Crippen LogP contribution < -0.4 is 9.04 Å². The van der Waals surface area contributed by atoms with Crippen LogP contribution in [0.3, 0.4) is 0 Å². The Morgan fingerprint density at radius 2 is 1.50 bits per heavy atom. The maximum Gasteiger partial charge on any atom is 0.264 e. The van der Waals surface area contributed by atoms with Gasteiger partial charge in [0, 0.05) is 11.5 Å². The summed E-state index contributed by atoms with van der Waals surface area (Å²) in [7, 11) is 0.146. The van der Waals surface area contributed by atoms with Gasteiger partial charge < -0.3 is 9.64 Å². The lowest BCUT2D eigenvalue weighted by Gasteiger charge is -2.20. The predicted molar refractivity (Wildman–Crippen MR) is 128 cm³/mol. The molecule has 0 saturated heterocycles. The van der Waals surface area contributed by atoms with Crippen LogP contribution in [-0.4, -0.2) is 47.1 Å². The Labute approximate surface area is 190 Å². The summed E-state index contributed by atoms with van der Waals surface area (Å²) in [4.78, 5) is 2.64. The van der Waals surface area contributed by atoms with Crippen LogP contribution >= 0.6 is 15.9 Å². The molecule has 7 heteroatoms. The minimum atomic E-state index is -3.59. The van der Waals surface area contributed by atoms with Gasteiger partial charge in [0.05, 0.1) is 17.2 Å². The molecular weight excluding hydrogens is 464 g/mol. The zero-order valence-corrected chi connectivity index (χ0v) is 20.6. The molecular formula is C23H33BrN2O3S. The average Bonchev–Trinajstić information content (AvgIpc) is 2.73. The Hall–Kier alpha value is -1.57. The van der Waals surface area contributed by atoms with Gasteiger partial charge in [0.25, 0.3) is 10.0 Å². The molecule has 0 aromatic heterocycles. The van der Waals surface area contributed by atoms with E-state index in [4.69, 9.17) is 4.74 Å². The molecule has 0 aliphatic carbocycles. The Morgan fingerprint density at radius 1 is 0.867 bits per heavy atom. The van der Waals surface area contributed by atoms with Crippen LogP contribution in [0.2, 0.25) is 0 Å². The van der Waals surface area contributed by atoms with E-state index in [2.05, 4.69) is 34.8 Å². The van der Waals surface area contributed by atoms with Crippen molar-refractivity contribution in [3.63, 3.8) is 0 Å². The molecule has 0 unspecified atom stereocenters. The van der Waals surface area contributed by atoms with Crippen molar-refractivity contribution in [2.75, 3.05) is 38.1 Å². The first-order valence-corrected chi connectivity index (χ1v) is 12.7. The number of hydrogen-bond donors (Lipinski definition) is 0. The number of halogens is 1. The molecule has 0 aliphatic heterocycles. The summed E-state index contributed by atoms with van der Waals surface area (Å²) < 4.78 is 33.5. The van der Waals surface area contributed by atoms with Gasteiger partial charge in [-0.3, -0.25) is 4.31 Å². The fourth-order valence-corrected chi connectivity index (χ4v) is 4.64. The summed E-state index contributed by atoms with van der Waals surface area (Å²) in [6.45, 7) is 5.21. The quantitative estimate of drug-likeness (QED) is 0.340. The number of nitrogens with zero attached hydrogens (tertiary/aromatic N) is 2. The zero-order valence-electron chi connectivity index (χ0n) is 18.2.